The van der Waals surface area contributed by atoms with Gasteiger partial charge in [0.15, 0.2) is 0 Å². The summed E-state index contributed by atoms with van der Waals surface area (Å²) >= 11 is 0. The first kappa shape index (κ1) is 17.4. The van der Waals surface area contributed by atoms with Crippen molar-refractivity contribution in [1.82, 2.24) is 0 Å². The smallest absolute Gasteiger partial charge is 0.337 e. The highest BCUT2D eigenvalue weighted by molar-refractivity contribution is 5.96. The van der Waals surface area contributed by atoms with Crippen LogP contribution in [0.4, 0.5) is 5.69 Å². The lowest BCUT2D eigenvalue weighted by molar-refractivity contribution is -0.119. The molecule has 1 amide bonds. The zero-order valence-corrected chi connectivity index (χ0v) is 12.0. The number of nitrogens with two attached hydrogens (primary N) is 1. The Labute approximate surface area is 118 Å². The zero-order valence-electron chi connectivity index (χ0n) is 11.2. The van der Waals surface area contributed by atoms with Crippen molar-refractivity contribution in [3.63, 3.8) is 0 Å². The van der Waals surface area contributed by atoms with Crippen LogP contribution in [0.5, 0.6) is 0 Å². The van der Waals surface area contributed by atoms with Gasteiger partial charge in [-0.15, -0.1) is 12.4 Å². The minimum atomic E-state index is -0.433. The number of esters is 1. The van der Waals surface area contributed by atoms with Crippen molar-refractivity contribution < 1.29 is 14.3 Å². The van der Waals surface area contributed by atoms with Crippen molar-refractivity contribution in [3.05, 3.63) is 29.3 Å². The van der Waals surface area contributed by atoms with Crippen LogP contribution >= 0.6 is 12.4 Å². The van der Waals surface area contributed by atoms with Gasteiger partial charge in [-0.3, -0.25) is 4.79 Å². The number of anilines is 1. The monoisotopic (exact) mass is 286 g/mol. The number of nitrogens with one attached hydrogen (secondary N) is 1. The van der Waals surface area contributed by atoms with Gasteiger partial charge in [-0.05, 0) is 24.6 Å². The number of hydrogen-bond donors (Lipinski definition) is 2. The number of aryl methyl sites for hydroxylation is 1. The lowest BCUT2D eigenvalue weighted by Gasteiger charge is -2.13. The SMILES string of the molecule is COC(=O)c1ccc(C)c(NC(=O)C(C)CN)c1.Cl. The molecule has 0 heterocycles. The number of amides is 1. The molecule has 0 aliphatic rings. The molecule has 0 spiro atoms. The molecule has 0 aromatic heterocycles. The first-order chi connectivity index (χ1) is 8.49. The Morgan fingerprint density at radius 3 is 2.58 bits per heavy atom. The molecular weight excluding hydrogens is 268 g/mol. The number of methoxy groups -OCH3 is 1. The Kier molecular flexibility index (Phi) is 7.11. The van der Waals surface area contributed by atoms with E-state index in [-0.39, 0.29) is 30.8 Å². The molecule has 0 aliphatic carbocycles. The van der Waals surface area contributed by atoms with Gasteiger partial charge >= 0.3 is 5.97 Å². The molecule has 0 radical (unpaired) electrons. The Morgan fingerprint density at radius 1 is 1.42 bits per heavy atom. The van der Waals surface area contributed by atoms with Gasteiger partial charge < -0.3 is 15.8 Å². The van der Waals surface area contributed by atoms with Gasteiger partial charge in [0.25, 0.3) is 0 Å². The summed E-state index contributed by atoms with van der Waals surface area (Å²) in [5.74, 6) is -0.869. The molecule has 6 heteroatoms. The average molecular weight is 287 g/mol. The van der Waals surface area contributed by atoms with Gasteiger partial charge in [0.1, 0.15) is 0 Å². The van der Waals surface area contributed by atoms with E-state index in [4.69, 9.17) is 5.73 Å². The van der Waals surface area contributed by atoms with Crippen LogP contribution in [-0.2, 0) is 9.53 Å². The molecule has 1 aromatic rings. The lowest BCUT2D eigenvalue weighted by Crippen LogP contribution is -2.27. The van der Waals surface area contributed by atoms with Crippen molar-refractivity contribution in [2.45, 2.75) is 13.8 Å². The third kappa shape index (κ3) is 4.54. The number of rotatable bonds is 4. The summed E-state index contributed by atoms with van der Waals surface area (Å²) < 4.78 is 4.63. The van der Waals surface area contributed by atoms with Gasteiger partial charge in [-0.1, -0.05) is 13.0 Å². The second-order valence-electron chi connectivity index (χ2n) is 4.15. The lowest BCUT2D eigenvalue weighted by atomic mass is 10.1. The van der Waals surface area contributed by atoms with Gasteiger partial charge in [0, 0.05) is 18.2 Å². The van der Waals surface area contributed by atoms with Gasteiger partial charge in [0.2, 0.25) is 5.91 Å². The number of hydrogen-bond acceptors (Lipinski definition) is 4. The Bertz CT molecular complexity index is 463. The topological polar surface area (TPSA) is 81.4 Å². The first-order valence-electron chi connectivity index (χ1n) is 5.69. The van der Waals surface area contributed by atoms with Crippen LogP contribution < -0.4 is 11.1 Å². The van der Waals surface area contributed by atoms with E-state index in [1.165, 1.54) is 7.11 Å². The molecular formula is C13H19ClN2O3. The number of carbonyl (C=O) groups excluding carboxylic acids is 2. The van der Waals surface area contributed by atoms with E-state index in [0.29, 0.717) is 11.3 Å². The summed E-state index contributed by atoms with van der Waals surface area (Å²) in [7, 11) is 1.32. The Morgan fingerprint density at radius 2 is 2.05 bits per heavy atom. The normalized spacial score (nSPS) is 11.2. The molecule has 1 unspecified atom stereocenters. The van der Waals surface area contributed by atoms with Crippen LogP contribution in [-0.4, -0.2) is 25.5 Å². The van der Waals surface area contributed by atoms with E-state index < -0.39 is 5.97 Å². The van der Waals surface area contributed by atoms with Gasteiger partial charge in [0.05, 0.1) is 12.7 Å². The highest BCUT2D eigenvalue weighted by atomic mass is 35.5. The summed E-state index contributed by atoms with van der Waals surface area (Å²) in [4.78, 5) is 23.1. The molecule has 19 heavy (non-hydrogen) atoms. The highest BCUT2D eigenvalue weighted by Gasteiger charge is 2.14. The molecule has 1 atom stereocenters. The maximum Gasteiger partial charge on any atom is 0.337 e. The fourth-order valence-electron chi connectivity index (χ4n) is 1.36. The van der Waals surface area contributed by atoms with Gasteiger partial charge in [-0.2, -0.15) is 0 Å². The van der Waals surface area contributed by atoms with Crippen LogP contribution in [0.15, 0.2) is 18.2 Å². The quantitative estimate of drug-likeness (QED) is 0.826. The minimum Gasteiger partial charge on any atom is -0.465 e. The van der Waals surface area contributed by atoms with Crippen LogP contribution in [0, 0.1) is 12.8 Å². The van der Waals surface area contributed by atoms with Crippen molar-refractivity contribution in [2.24, 2.45) is 11.7 Å². The molecule has 106 valence electrons. The number of benzene rings is 1. The van der Waals surface area contributed by atoms with E-state index in [0.717, 1.165) is 5.56 Å². The molecule has 3 N–H and O–H groups in total. The zero-order chi connectivity index (χ0) is 13.7. The Balaban J connectivity index is 0.00000324. The maximum atomic E-state index is 11.7. The van der Waals surface area contributed by atoms with E-state index in [9.17, 15) is 9.59 Å². The van der Waals surface area contributed by atoms with E-state index in [1.807, 2.05) is 6.92 Å². The second-order valence-corrected chi connectivity index (χ2v) is 4.15. The van der Waals surface area contributed by atoms with E-state index in [2.05, 4.69) is 10.1 Å². The van der Waals surface area contributed by atoms with Crippen molar-refractivity contribution in [1.29, 1.82) is 0 Å². The molecule has 5 nitrogen and oxygen atoms in total. The third-order valence-corrected chi connectivity index (χ3v) is 2.72. The largest absolute Gasteiger partial charge is 0.465 e. The predicted octanol–water partition coefficient (Wildman–Crippen LogP) is 1.74. The standard InChI is InChI=1S/C13H18N2O3.ClH/c1-8-4-5-10(13(17)18-3)6-11(8)15-12(16)9(2)7-14;/h4-6,9H,7,14H2,1-3H3,(H,15,16);1H. The van der Waals surface area contributed by atoms with Crippen LogP contribution in [0.2, 0.25) is 0 Å². The minimum absolute atomic E-state index is 0. The Hall–Kier alpha value is -1.59. The van der Waals surface area contributed by atoms with E-state index >= 15 is 0 Å². The number of carbonyl (C=O) groups is 2. The second kappa shape index (κ2) is 7.76. The summed E-state index contributed by atoms with van der Waals surface area (Å²) in [6, 6.07) is 5.01. The molecule has 0 bridgehead atoms. The average Bonchev–Trinajstić information content (AvgIpc) is 2.39. The highest BCUT2D eigenvalue weighted by Crippen LogP contribution is 2.18. The summed E-state index contributed by atoms with van der Waals surface area (Å²) in [5, 5.41) is 2.75. The fraction of sp³-hybridized carbons (Fsp3) is 0.385. The third-order valence-electron chi connectivity index (χ3n) is 2.72. The summed E-state index contributed by atoms with van der Waals surface area (Å²) in [6.45, 7) is 3.88. The molecule has 0 saturated carbocycles. The van der Waals surface area contributed by atoms with Crippen LogP contribution in [0.1, 0.15) is 22.8 Å². The predicted molar refractivity (Wildman–Crippen MR) is 76.6 cm³/mol. The van der Waals surface area contributed by atoms with E-state index in [1.54, 1.807) is 25.1 Å². The summed E-state index contributed by atoms with van der Waals surface area (Å²) in [6.07, 6.45) is 0. The molecule has 0 saturated heterocycles. The van der Waals surface area contributed by atoms with Crippen LogP contribution in [0.3, 0.4) is 0 Å². The first-order valence-corrected chi connectivity index (χ1v) is 5.69. The molecule has 0 fully saturated rings. The number of ether oxygens (including phenoxy) is 1. The maximum absolute atomic E-state index is 11.7. The number of halogens is 1. The fourth-order valence-corrected chi connectivity index (χ4v) is 1.36. The van der Waals surface area contributed by atoms with Crippen molar-refractivity contribution >= 4 is 30.0 Å². The van der Waals surface area contributed by atoms with Crippen LogP contribution in [0.25, 0.3) is 0 Å². The molecule has 1 aromatic carbocycles. The van der Waals surface area contributed by atoms with Crippen molar-refractivity contribution in [3.8, 4) is 0 Å². The summed E-state index contributed by atoms with van der Waals surface area (Å²) in [5.41, 5.74) is 7.31. The van der Waals surface area contributed by atoms with Crippen molar-refractivity contribution in [2.75, 3.05) is 19.0 Å². The molecule has 1 rings (SSSR count). The van der Waals surface area contributed by atoms with Gasteiger partial charge in [-0.25, -0.2) is 4.79 Å². The molecule has 0 aliphatic heterocycles.